The first-order valence-electron chi connectivity index (χ1n) is 40.3. The van der Waals surface area contributed by atoms with Crippen LogP contribution >= 0.6 is 0 Å². The first-order chi connectivity index (χ1) is 57.9. The van der Waals surface area contributed by atoms with Crippen molar-refractivity contribution in [1.82, 2.24) is 19.9 Å². The molecule has 0 radical (unpaired) electrons. The van der Waals surface area contributed by atoms with Crippen LogP contribution in [0.25, 0.3) is 222 Å². The number of furan rings is 4. The van der Waals surface area contributed by atoms with Crippen LogP contribution in [0, 0.1) is 0 Å². The minimum Gasteiger partial charge on any atom is -0.456 e. The van der Waals surface area contributed by atoms with Gasteiger partial charge >= 0.3 is 0 Å². The zero-order valence-corrected chi connectivity index (χ0v) is 65.1. The van der Waals surface area contributed by atoms with E-state index in [1.165, 1.54) is 44.5 Å². The summed E-state index contributed by atoms with van der Waals surface area (Å²) in [6.45, 7) is 9.29. The lowest BCUT2D eigenvalue weighted by atomic mass is 9.82. The van der Waals surface area contributed by atoms with Crippen molar-refractivity contribution >= 4 is 87.8 Å². The Morgan fingerprint density at radius 1 is 0.178 bits per heavy atom. The normalized spacial score (nSPS) is 13.1. The van der Waals surface area contributed by atoms with Crippen molar-refractivity contribution in [3.63, 3.8) is 0 Å². The minimum absolute atomic E-state index is 0.140. The summed E-state index contributed by atoms with van der Waals surface area (Å²) in [6.07, 6.45) is 0. The van der Waals surface area contributed by atoms with Gasteiger partial charge in [-0.25, -0.2) is 19.9 Å². The van der Waals surface area contributed by atoms with E-state index in [2.05, 4.69) is 307 Å². The van der Waals surface area contributed by atoms with Gasteiger partial charge in [0.25, 0.3) is 0 Å². The Bertz CT molecular complexity index is 7890. The van der Waals surface area contributed by atoms with Crippen LogP contribution in [0.2, 0.25) is 0 Å². The smallest absolute Gasteiger partial charge is 0.160 e. The quantitative estimate of drug-likeness (QED) is 0.133. The van der Waals surface area contributed by atoms with Gasteiger partial charge in [-0.05, 0) is 163 Å². The number of hydrogen-bond acceptors (Lipinski definition) is 8. The van der Waals surface area contributed by atoms with Crippen molar-refractivity contribution in [3.05, 3.63) is 386 Å². The lowest BCUT2D eigenvalue weighted by Gasteiger charge is -2.22. The maximum absolute atomic E-state index is 6.66. The van der Waals surface area contributed by atoms with Crippen LogP contribution in [-0.4, -0.2) is 19.9 Å². The predicted octanol–water partition coefficient (Wildman–Crippen LogP) is 29.8. The summed E-state index contributed by atoms with van der Waals surface area (Å²) in [5.41, 5.74) is 35.0. The fraction of sp³-hybridized carbons (Fsp3) is 0.0545. The molecule has 2 aliphatic rings. The molecule has 0 atom stereocenters. The molecule has 0 amide bonds. The zero-order chi connectivity index (χ0) is 78.5. The molecule has 556 valence electrons. The standard InChI is InChI=1S/2C55H36N2O2/c1-55(2)46-23-9-6-16-38(46)39-29-27-35(31-47(39)55)48-32-49(57-54(56-48)33-14-4-3-5-15-33)45-30-34(36-19-12-21-43-40-17-7-10-24-50(40)58-52(36)43)26-28-37(45)42-20-13-22-44-41-18-8-11-25-51(41)59-53(42)44;1-55(2)46-17-9-6-14-39(46)40-25-21-37(31-47(40)55)48-32-49(57-54(56-48)33-12-4-3-5-13-33)43-28-34(35-22-26-52-44(29-35)41-15-7-10-18-50(41)58-52)20-24-38(43)36-23-27-53-45(30-36)42-16-8-11-19-51(42)59-53/h2*3-32H,1-2H3. The molecule has 6 aromatic heterocycles. The molecule has 16 aromatic carbocycles. The number of aromatic nitrogens is 4. The Morgan fingerprint density at radius 3 is 1.04 bits per heavy atom. The van der Waals surface area contributed by atoms with Gasteiger partial charge in [0.1, 0.15) is 44.7 Å². The first-order valence-corrected chi connectivity index (χ1v) is 40.3. The molecule has 8 heteroatoms. The van der Waals surface area contributed by atoms with Gasteiger partial charge < -0.3 is 17.7 Å². The summed E-state index contributed by atoms with van der Waals surface area (Å²) in [6, 6.07) is 128. The van der Waals surface area contributed by atoms with Crippen LogP contribution in [0.15, 0.2) is 382 Å². The predicted molar refractivity (Wildman–Crippen MR) is 483 cm³/mol. The van der Waals surface area contributed by atoms with E-state index < -0.39 is 0 Å². The van der Waals surface area contributed by atoms with Crippen LogP contribution in [-0.2, 0) is 10.8 Å². The van der Waals surface area contributed by atoms with E-state index in [0.717, 1.165) is 188 Å². The number of nitrogens with zero attached hydrogens (tertiary/aromatic N) is 4. The van der Waals surface area contributed by atoms with Crippen LogP contribution in [0.1, 0.15) is 49.9 Å². The molecule has 0 aliphatic heterocycles. The maximum Gasteiger partial charge on any atom is 0.160 e. The molecule has 8 nitrogen and oxygen atoms in total. The van der Waals surface area contributed by atoms with E-state index in [9.17, 15) is 0 Å². The van der Waals surface area contributed by atoms with E-state index in [4.69, 9.17) is 37.6 Å². The van der Waals surface area contributed by atoms with Gasteiger partial charge in [0, 0.05) is 98.4 Å². The topological polar surface area (TPSA) is 104 Å². The lowest BCUT2D eigenvalue weighted by Crippen LogP contribution is -2.14. The molecule has 0 spiro atoms. The molecule has 118 heavy (non-hydrogen) atoms. The summed E-state index contributed by atoms with van der Waals surface area (Å²) in [5.74, 6) is 1.35. The average molecular weight is 1510 g/mol. The van der Waals surface area contributed by atoms with Gasteiger partial charge in [0.05, 0.1) is 22.8 Å². The monoisotopic (exact) mass is 1510 g/mol. The largest absolute Gasteiger partial charge is 0.456 e. The highest BCUT2D eigenvalue weighted by atomic mass is 16.3. The van der Waals surface area contributed by atoms with Crippen molar-refractivity contribution in [3.8, 4) is 135 Å². The number of benzene rings is 16. The van der Waals surface area contributed by atoms with Crippen molar-refractivity contribution < 1.29 is 17.7 Å². The van der Waals surface area contributed by atoms with Crippen LogP contribution in [0.3, 0.4) is 0 Å². The number of hydrogen-bond donors (Lipinski definition) is 0. The first kappa shape index (κ1) is 68.5. The van der Waals surface area contributed by atoms with Crippen molar-refractivity contribution in [2.75, 3.05) is 0 Å². The van der Waals surface area contributed by atoms with Gasteiger partial charge in [-0.2, -0.15) is 0 Å². The third-order valence-electron chi connectivity index (χ3n) is 24.7. The molecule has 2 aliphatic carbocycles. The number of rotatable bonds is 10. The van der Waals surface area contributed by atoms with Crippen LogP contribution in [0.4, 0.5) is 0 Å². The summed E-state index contributed by atoms with van der Waals surface area (Å²) in [5, 5.41) is 8.75. The van der Waals surface area contributed by atoms with Crippen molar-refractivity contribution in [2.24, 2.45) is 0 Å². The van der Waals surface area contributed by atoms with E-state index in [1.807, 2.05) is 84.9 Å². The maximum atomic E-state index is 6.66. The molecule has 6 heterocycles. The minimum atomic E-state index is -0.148. The summed E-state index contributed by atoms with van der Waals surface area (Å²) >= 11 is 0. The third-order valence-corrected chi connectivity index (χ3v) is 24.7. The van der Waals surface area contributed by atoms with E-state index in [0.29, 0.717) is 11.6 Å². The van der Waals surface area contributed by atoms with Crippen molar-refractivity contribution in [1.29, 1.82) is 0 Å². The molecule has 0 saturated heterocycles. The molecule has 22 aromatic rings. The van der Waals surface area contributed by atoms with Gasteiger partial charge in [0.15, 0.2) is 11.6 Å². The fourth-order valence-corrected chi connectivity index (χ4v) is 18.7. The van der Waals surface area contributed by atoms with Gasteiger partial charge in [-0.3, -0.25) is 0 Å². The molecular weight excluding hydrogens is 1440 g/mol. The van der Waals surface area contributed by atoms with Gasteiger partial charge in [-0.15, -0.1) is 0 Å². The second-order valence-corrected chi connectivity index (χ2v) is 32.2. The Kier molecular flexibility index (Phi) is 15.5. The Labute approximate surface area is 680 Å². The van der Waals surface area contributed by atoms with Gasteiger partial charge in [-0.1, -0.05) is 307 Å². The lowest BCUT2D eigenvalue weighted by molar-refractivity contribution is 0.660. The highest BCUT2D eigenvalue weighted by Gasteiger charge is 2.37. The molecule has 0 bridgehead atoms. The summed E-state index contributed by atoms with van der Waals surface area (Å²) < 4.78 is 25.7. The fourth-order valence-electron chi connectivity index (χ4n) is 18.7. The molecule has 24 rings (SSSR count). The zero-order valence-electron chi connectivity index (χ0n) is 65.1. The summed E-state index contributed by atoms with van der Waals surface area (Å²) in [4.78, 5) is 21.4. The molecule has 0 saturated carbocycles. The number of fused-ring (bicyclic) bond motifs is 18. The summed E-state index contributed by atoms with van der Waals surface area (Å²) in [7, 11) is 0. The second-order valence-electron chi connectivity index (χ2n) is 32.2. The number of para-hydroxylation sites is 6. The van der Waals surface area contributed by atoms with Crippen LogP contribution in [0.5, 0.6) is 0 Å². The van der Waals surface area contributed by atoms with Crippen molar-refractivity contribution in [2.45, 2.75) is 38.5 Å². The Balaban J connectivity index is 0.000000138. The van der Waals surface area contributed by atoms with E-state index >= 15 is 0 Å². The Morgan fingerprint density at radius 2 is 0.508 bits per heavy atom. The molecule has 0 unspecified atom stereocenters. The second kappa shape index (κ2) is 26.7. The SMILES string of the molecule is CC1(C)c2ccccc2-c2ccc(-c3cc(-c4cc(-c5ccc6oc7ccccc7c6c5)ccc4-c4ccc5oc6ccccc6c5c4)nc(-c4ccccc4)n3)cc21.CC1(C)c2ccccc2-c2ccc(-c3cc(-c4cc(-c5cccc6c5oc5ccccc56)ccc4-c4cccc5c4oc4ccccc45)nc(-c4ccccc4)n3)cc21. The highest BCUT2D eigenvalue weighted by Crippen LogP contribution is 2.53. The third kappa shape index (κ3) is 11.1. The van der Waals surface area contributed by atoms with Gasteiger partial charge in [0.2, 0.25) is 0 Å². The molecular formula is C110H72N4O4. The Hall–Kier alpha value is -15.1. The van der Waals surface area contributed by atoms with E-state index in [1.54, 1.807) is 0 Å². The molecule has 0 fully saturated rings. The van der Waals surface area contributed by atoms with E-state index in [-0.39, 0.29) is 10.8 Å². The molecule has 0 N–H and O–H groups in total. The van der Waals surface area contributed by atoms with Crippen LogP contribution < -0.4 is 0 Å². The highest BCUT2D eigenvalue weighted by molar-refractivity contribution is 6.13. The average Bonchev–Trinajstić information content (AvgIpc) is 1.62.